The summed E-state index contributed by atoms with van der Waals surface area (Å²) in [6.45, 7) is 1.18. The molecule has 1 aromatic carbocycles. The number of benzene rings is 1. The van der Waals surface area contributed by atoms with Crippen molar-refractivity contribution >= 4 is 17.0 Å². The molecule has 0 aliphatic rings. The molecule has 4 heteroatoms. The zero-order valence-electron chi connectivity index (χ0n) is 11.3. The first kappa shape index (κ1) is 14.1. The summed E-state index contributed by atoms with van der Waals surface area (Å²) in [5, 5.41) is 11.0. The van der Waals surface area contributed by atoms with Crippen LogP contribution in [-0.4, -0.2) is 13.6 Å². The maximum absolute atomic E-state index is 8.93. The third kappa shape index (κ3) is 3.61. The zero-order valence-corrected chi connectivity index (χ0v) is 12.1. The van der Waals surface area contributed by atoms with Gasteiger partial charge in [-0.05, 0) is 24.3 Å². The number of anilines is 1. The molecule has 0 aliphatic heterocycles. The molecule has 100 valence electrons. The van der Waals surface area contributed by atoms with E-state index < -0.39 is 0 Å². The maximum atomic E-state index is 8.93. The van der Waals surface area contributed by atoms with Crippen molar-refractivity contribution in [3.8, 4) is 17.9 Å². The lowest BCUT2D eigenvalue weighted by molar-refractivity contribution is 0.940. The summed E-state index contributed by atoms with van der Waals surface area (Å²) < 4.78 is 0. The second kappa shape index (κ2) is 6.77. The molecular weight excluding hydrogens is 266 g/mol. The van der Waals surface area contributed by atoms with Gasteiger partial charge in [0.05, 0.1) is 24.7 Å². The quantitative estimate of drug-likeness (QED) is 0.880. The first-order valence-electron chi connectivity index (χ1n) is 6.20. The van der Waals surface area contributed by atoms with Crippen molar-refractivity contribution in [2.24, 2.45) is 5.73 Å². The molecule has 0 aliphatic carbocycles. The van der Waals surface area contributed by atoms with Gasteiger partial charge in [0.2, 0.25) is 0 Å². The van der Waals surface area contributed by atoms with E-state index in [0.29, 0.717) is 12.1 Å². The summed E-state index contributed by atoms with van der Waals surface area (Å²) >= 11 is 1.68. The fourth-order valence-electron chi connectivity index (χ4n) is 1.82. The van der Waals surface area contributed by atoms with E-state index in [4.69, 9.17) is 11.0 Å². The standard InChI is InChI=1S/C16H15N3S/c1-19(15-6-2-4-13(8-15)10-18)11-16-9-14(12-20-16)5-3-7-17/h2,4,6,8-9,12H,7,11,17H2,1H3. The number of nitrogens with zero attached hydrogens (tertiary/aromatic N) is 2. The fraction of sp³-hybridized carbons (Fsp3) is 0.188. The van der Waals surface area contributed by atoms with Crippen LogP contribution in [0.25, 0.3) is 0 Å². The van der Waals surface area contributed by atoms with Crippen molar-refractivity contribution in [1.82, 2.24) is 0 Å². The molecule has 2 aromatic rings. The van der Waals surface area contributed by atoms with E-state index in [9.17, 15) is 0 Å². The smallest absolute Gasteiger partial charge is 0.0992 e. The number of hydrogen-bond acceptors (Lipinski definition) is 4. The molecule has 0 amide bonds. The molecule has 2 N–H and O–H groups in total. The third-order valence-electron chi connectivity index (χ3n) is 2.80. The Hall–Kier alpha value is -2.27. The molecule has 0 saturated heterocycles. The Kier molecular flexibility index (Phi) is 4.79. The zero-order chi connectivity index (χ0) is 14.4. The second-order valence-corrected chi connectivity index (χ2v) is 5.32. The van der Waals surface area contributed by atoms with Crippen molar-refractivity contribution in [3.05, 3.63) is 51.7 Å². The Morgan fingerprint density at radius 1 is 1.30 bits per heavy atom. The van der Waals surface area contributed by atoms with Gasteiger partial charge in [-0.15, -0.1) is 11.3 Å². The molecule has 0 bridgehead atoms. The van der Waals surface area contributed by atoms with Crippen molar-refractivity contribution in [2.45, 2.75) is 6.54 Å². The Labute approximate surface area is 123 Å². The Morgan fingerprint density at radius 2 is 2.15 bits per heavy atom. The van der Waals surface area contributed by atoms with Crippen LogP contribution in [0.5, 0.6) is 0 Å². The van der Waals surface area contributed by atoms with Crippen molar-refractivity contribution in [1.29, 1.82) is 5.26 Å². The molecule has 0 saturated carbocycles. The lowest BCUT2D eigenvalue weighted by Crippen LogP contribution is -2.15. The van der Waals surface area contributed by atoms with Crippen LogP contribution in [0.4, 0.5) is 5.69 Å². The van der Waals surface area contributed by atoms with Gasteiger partial charge in [0, 0.05) is 28.6 Å². The minimum atomic E-state index is 0.381. The number of rotatable bonds is 3. The summed E-state index contributed by atoms with van der Waals surface area (Å²) in [5.41, 5.74) is 8.08. The number of nitriles is 1. The summed E-state index contributed by atoms with van der Waals surface area (Å²) in [7, 11) is 2.02. The highest BCUT2D eigenvalue weighted by Gasteiger charge is 2.05. The van der Waals surface area contributed by atoms with E-state index >= 15 is 0 Å². The van der Waals surface area contributed by atoms with E-state index in [1.807, 2.05) is 36.7 Å². The van der Waals surface area contributed by atoms with Gasteiger partial charge >= 0.3 is 0 Å². The average molecular weight is 281 g/mol. The van der Waals surface area contributed by atoms with E-state index in [1.165, 1.54) is 4.88 Å². The SMILES string of the molecule is CN(Cc1cc(C#CCN)cs1)c1cccc(C#N)c1. The van der Waals surface area contributed by atoms with E-state index in [1.54, 1.807) is 11.3 Å². The van der Waals surface area contributed by atoms with Crippen LogP contribution < -0.4 is 10.6 Å². The Bertz CT molecular complexity index is 685. The van der Waals surface area contributed by atoms with Crippen molar-refractivity contribution in [2.75, 3.05) is 18.5 Å². The number of thiophene rings is 1. The number of nitrogens with two attached hydrogens (primary N) is 1. The van der Waals surface area contributed by atoms with E-state index in [2.05, 4.69) is 28.9 Å². The van der Waals surface area contributed by atoms with Gasteiger partial charge in [-0.25, -0.2) is 0 Å². The maximum Gasteiger partial charge on any atom is 0.0992 e. The highest BCUT2D eigenvalue weighted by molar-refractivity contribution is 7.10. The first-order chi connectivity index (χ1) is 9.72. The summed E-state index contributed by atoms with van der Waals surface area (Å²) in [5.74, 6) is 5.88. The molecule has 0 radical (unpaired) electrons. The van der Waals surface area contributed by atoms with Crippen LogP contribution in [0.3, 0.4) is 0 Å². The van der Waals surface area contributed by atoms with Gasteiger partial charge in [0.15, 0.2) is 0 Å². The average Bonchev–Trinajstić information content (AvgIpc) is 2.92. The topological polar surface area (TPSA) is 53.0 Å². The highest BCUT2D eigenvalue weighted by Crippen LogP contribution is 2.20. The predicted octanol–water partition coefficient (Wildman–Crippen LogP) is 2.57. The predicted molar refractivity (Wildman–Crippen MR) is 83.5 cm³/mol. The molecule has 0 fully saturated rings. The van der Waals surface area contributed by atoms with Gasteiger partial charge in [-0.3, -0.25) is 0 Å². The second-order valence-electron chi connectivity index (χ2n) is 4.33. The van der Waals surface area contributed by atoms with Crippen molar-refractivity contribution in [3.63, 3.8) is 0 Å². The highest BCUT2D eigenvalue weighted by atomic mass is 32.1. The Morgan fingerprint density at radius 3 is 2.90 bits per heavy atom. The monoisotopic (exact) mass is 281 g/mol. The minimum absolute atomic E-state index is 0.381. The van der Waals surface area contributed by atoms with Crippen LogP contribution >= 0.6 is 11.3 Å². The summed E-state index contributed by atoms with van der Waals surface area (Å²) in [6, 6.07) is 11.8. The third-order valence-corrected chi connectivity index (χ3v) is 3.72. The molecule has 2 rings (SSSR count). The van der Waals surface area contributed by atoms with E-state index in [0.717, 1.165) is 17.8 Å². The lowest BCUT2D eigenvalue weighted by atomic mass is 10.2. The van der Waals surface area contributed by atoms with Gasteiger partial charge in [-0.2, -0.15) is 5.26 Å². The van der Waals surface area contributed by atoms with Crippen molar-refractivity contribution < 1.29 is 0 Å². The van der Waals surface area contributed by atoms with E-state index in [-0.39, 0.29) is 0 Å². The molecule has 0 atom stereocenters. The lowest BCUT2D eigenvalue weighted by Gasteiger charge is -2.18. The molecule has 1 heterocycles. The van der Waals surface area contributed by atoms with Crippen LogP contribution in [0.1, 0.15) is 16.0 Å². The fourth-order valence-corrected chi connectivity index (χ4v) is 2.69. The largest absolute Gasteiger partial charge is 0.369 e. The molecule has 0 spiro atoms. The van der Waals surface area contributed by atoms with Gasteiger partial charge in [-0.1, -0.05) is 17.9 Å². The van der Waals surface area contributed by atoms with Crippen LogP contribution in [0.15, 0.2) is 35.7 Å². The Balaban J connectivity index is 2.09. The van der Waals surface area contributed by atoms with Gasteiger partial charge < -0.3 is 10.6 Å². The minimum Gasteiger partial charge on any atom is -0.369 e. The molecular formula is C16H15N3S. The normalized spacial score (nSPS) is 9.45. The number of hydrogen-bond donors (Lipinski definition) is 1. The molecule has 20 heavy (non-hydrogen) atoms. The molecule has 3 nitrogen and oxygen atoms in total. The van der Waals surface area contributed by atoms with Gasteiger partial charge in [0.25, 0.3) is 0 Å². The summed E-state index contributed by atoms with van der Waals surface area (Å²) in [4.78, 5) is 3.35. The van der Waals surface area contributed by atoms with Crippen LogP contribution in [0.2, 0.25) is 0 Å². The molecule has 0 unspecified atom stereocenters. The first-order valence-corrected chi connectivity index (χ1v) is 7.08. The summed E-state index contributed by atoms with van der Waals surface area (Å²) in [6.07, 6.45) is 0. The molecule has 1 aromatic heterocycles. The van der Waals surface area contributed by atoms with Crippen LogP contribution in [-0.2, 0) is 6.54 Å². The van der Waals surface area contributed by atoms with Gasteiger partial charge in [0.1, 0.15) is 0 Å². The van der Waals surface area contributed by atoms with Crippen LogP contribution in [0, 0.1) is 23.2 Å².